The first-order valence-corrected chi connectivity index (χ1v) is 9.31. The summed E-state index contributed by atoms with van der Waals surface area (Å²) in [5, 5.41) is 0. The molecule has 20 heavy (non-hydrogen) atoms. The van der Waals surface area contributed by atoms with Gasteiger partial charge in [-0.1, -0.05) is 51.1 Å². The topological polar surface area (TPSA) is 9.23 Å². The number of rotatable bonds is 2. The van der Waals surface area contributed by atoms with E-state index in [4.69, 9.17) is 4.74 Å². The van der Waals surface area contributed by atoms with Crippen molar-refractivity contribution >= 4 is 31.9 Å². The Bertz CT molecular complexity index is 483. The lowest BCUT2D eigenvalue weighted by Gasteiger charge is -2.55. The first-order chi connectivity index (χ1) is 9.53. The third-order valence-corrected chi connectivity index (χ3v) is 7.70. The fourth-order valence-corrected chi connectivity index (χ4v) is 5.17. The van der Waals surface area contributed by atoms with E-state index in [2.05, 4.69) is 57.8 Å². The molecule has 110 valence electrons. The minimum atomic E-state index is 0.396. The summed E-state index contributed by atoms with van der Waals surface area (Å²) < 4.78 is 7.58. The zero-order valence-electron chi connectivity index (χ0n) is 12.2. The molecule has 1 spiro atoms. The van der Waals surface area contributed by atoms with E-state index in [0.717, 1.165) is 12.2 Å². The molecule has 2 unspecified atom stereocenters. The Kier molecular flexibility index (Phi) is 4.20. The molecule has 0 radical (unpaired) electrons. The second-order valence-corrected chi connectivity index (χ2v) is 8.37. The summed E-state index contributed by atoms with van der Waals surface area (Å²) >= 11 is 7.51. The van der Waals surface area contributed by atoms with Crippen molar-refractivity contribution in [2.75, 3.05) is 0 Å². The van der Waals surface area contributed by atoms with Gasteiger partial charge in [0.2, 0.25) is 0 Å². The van der Waals surface area contributed by atoms with Gasteiger partial charge >= 0.3 is 0 Å². The van der Waals surface area contributed by atoms with E-state index >= 15 is 0 Å². The van der Waals surface area contributed by atoms with Crippen LogP contribution in [0.25, 0.3) is 0 Å². The van der Waals surface area contributed by atoms with Crippen LogP contribution in [0.15, 0.2) is 16.6 Å². The van der Waals surface area contributed by atoms with Crippen LogP contribution < -0.4 is 4.74 Å². The molecule has 0 bridgehead atoms. The maximum atomic E-state index is 6.38. The quantitative estimate of drug-likeness (QED) is 0.558. The van der Waals surface area contributed by atoms with Crippen molar-refractivity contribution in [2.45, 2.75) is 63.3 Å². The molecule has 0 aliphatic heterocycles. The second-order valence-electron chi connectivity index (χ2n) is 6.47. The number of halogens is 2. The average Bonchev–Trinajstić information content (AvgIpc) is 2.45. The van der Waals surface area contributed by atoms with Gasteiger partial charge < -0.3 is 4.74 Å². The molecule has 0 N–H and O–H groups in total. The summed E-state index contributed by atoms with van der Waals surface area (Å²) in [6.07, 6.45) is 8.30. The van der Waals surface area contributed by atoms with E-state index in [9.17, 15) is 0 Å². The third-order valence-electron chi connectivity index (χ3n) is 5.16. The van der Waals surface area contributed by atoms with Crippen LogP contribution in [0.5, 0.6) is 5.75 Å². The molecule has 3 rings (SSSR count). The second kappa shape index (κ2) is 5.64. The Hall–Kier alpha value is -0.0200. The van der Waals surface area contributed by atoms with Crippen LogP contribution in [-0.2, 0) is 0 Å². The molecule has 1 aromatic carbocycles. The van der Waals surface area contributed by atoms with Gasteiger partial charge in [0.25, 0.3) is 0 Å². The summed E-state index contributed by atoms with van der Waals surface area (Å²) in [6.45, 7) is 4.27. The monoisotopic (exact) mass is 400 g/mol. The normalized spacial score (nSPS) is 28.2. The van der Waals surface area contributed by atoms with Crippen molar-refractivity contribution in [1.82, 2.24) is 0 Å². The average molecular weight is 402 g/mol. The van der Waals surface area contributed by atoms with Gasteiger partial charge in [-0.2, -0.15) is 0 Å². The van der Waals surface area contributed by atoms with Crippen LogP contribution in [0.2, 0.25) is 0 Å². The number of alkyl halides is 1. The molecule has 0 saturated heterocycles. The highest BCUT2D eigenvalue weighted by molar-refractivity contribution is 9.10. The van der Waals surface area contributed by atoms with Gasteiger partial charge in [0.05, 0.1) is 0 Å². The summed E-state index contributed by atoms with van der Waals surface area (Å²) in [5.41, 5.74) is 2.91. The molecular weight excluding hydrogens is 380 g/mol. The Labute approximate surface area is 138 Å². The molecule has 2 atom stereocenters. The Morgan fingerprint density at radius 2 is 1.70 bits per heavy atom. The van der Waals surface area contributed by atoms with Crippen LogP contribution in [0.3, 0.4) is 0 Å². The van der Waals surface area contributed by atoms with Gasteiger partial charge in [0.1, 0.15) is 11.9 Å². The van der Waals surface area contributed by atoms with Gasteiger partial charge in [0.15, 0.2) is 0 Å². The van der Waals surface area contributed by atoms with Gasteiger partial charge in [0, 0.05) is 14.7 Å². The molecule has 2 aliphatic carbocycles. The van der Waals surface area contributed by atoms with Gasteiger partial charge in [-0.05, 0) is 56.4 Å². The minimum Gasteiger partial charge on any atom is -0.490 e. The van der Waals surface area contributed by atoms with Crippen LogP contribution in [0.4, 0.5) is 0 Å². The smallest absolute Gasteiger partial charge is 0.120 e. The predicted octanol–water partition coefficient (Wildman–Crippen LogP) is 5.93. The van der Waals surface area contributed by atoms with E-state index in [1.54, 1.807) is 0 Å². The Morgan fingerprint density at radius 1 is 1.10 bits per heavy atom. The van der Waals surface area contributed by atoms with Gasteiger partial charge in [-0.15, -0.1) is 0 Å². The molecule has 1 aromatic rings. The first kappa shape index (κ1) is 14.9. The van der Waals surface area contributed by atoms with Crippen LogP contribution >= 0.6 is 31.9 Å². The van der Waals surface area contributed by atoms with Crippen LogP contribution in [-0.4, -0.2) is 10.9 Å². The predicted molar refractivity (Wildman–Crippen MR) is 90.9 cm³/mol. The van der Waals surface area contributed by atoms with Crippen molar-refractivity contribution < 1.29 is 4.74 Å². The van der Waals surface area contributed by atoms with Crippen molar-refractivity contribution in [3.05, 3.63) is 27.7 Å². The van der Waals surface area contributed by atoms with E-state index in [-0.39, 0.29) is 0 Å². The summed E-state index contributed by atoms with van der Waals surface area (Å²) in [4.78, 5) is 0.651. The maximum absolute atomic E-state index is 6.38. The Morgan fingerprint density at radius 3 is 2.25 bits per heavy atom. The number of aryl methyl sites for hydroxylation is 2. The molecule has 2 saturated carbocycles. The number of hydrogen-bond donors (Lipinski definition) is 0. The summed E-state index contributed by atoms with van der Waals surface area (Å²) in [5.74, 6) is 1.04. The fourth-order valence-electron chi connectivity index (χ4n) is 3.85. The molecule has 3 heteroatoms. The Balaban J connectivity index is 1.78. The molecule has 1 nitrogen and oxygen atoms in total. The summed E-state index contributed by atoms with van der Waals surface area (Å²) in [6, 6.07) is 4.32. The number of hydrogen-bond acceptors (Lipinski definition) is 1. The highest BCUT2D eigenvalue weighted by Crippen LogP contribution is 2.56. The molecule has 0 amide bonds. The first-order valence-electron chi connectivity index (χ1n) is 7.60. The van der Waals surface area contributed by atoms with E-state index in [0.29, 0.717) is 16.3 Å². The van der Waals surface area contributed by atoms with Gasteiger partial charge in [-0.25, -0.2) is 0 Å². The lowest BCUT2D eigenvalue weighted by molar-refractivity contribution is -0.0601. The van der Waals surface area contributed by atoms with Crippen LogP contribution in [0.1, 0.15) is 49.7 Å². The van der Waals surface area contributed by atoms with E-state index in [1.807, 2.05) is 0 Å². The third kappa shape index (κ3) is 2.45. The van der Waals surface area contributed by atoms with E-state index < -0.39 is 0 Å². The largest absolute Gasteiger partial charge is 0.490 e. The molecule has 0 heterocycles. The molecule has 2 aliphatic rings. The number of ether oxygens (including phenoxy) is 1. The summed E-state index contributed by atoms with van der Waals surface area (Å²) in [7, 11) is 0. The SMILES string of the molecule is Cc1cc(OC2CC(Br)C23CCCCC3)cc(C)c1Br. The lowest BCUT2D eigenvalue weighted by Crippen LogP contribution is -2.57. The zero-order valence-corrected chi connectivity index (χ0v) is 15.4. The maximum Gasteiger partial charge on any atom is 0.120 e. The highest BCUT2D eigenvalue weighted by Gasteiger charge is 2.55. The number of benzene rings is 1. The molecular formula is C17H22Br2O. The molecule has 0 aromatic heterocycles. The van der Waals surface area contributed by atoms with Crippen molar-refractivity contribution in [1.29, 1.82) is 0 Å². The van der Waals surface area contributed by atoms with Crippen molar-refractivity contribution in [3.8, 4) is 5.75 Å². The zero-order chi connectivity index (χ0) is 14.3. The lowest BCUT2D eigenvalue weighted by atomic mass is 9.58. The standard InChI is InChI=1S/C17H22Br2O/c1-11-8-13(9-12(2)16(11)19)20-15-10-14(18)17(15)6-4-3-5-7-17/h8-9,14-15H,3-7,10H2,1-2H3. The minimum absolute atomic E-state index is 0.396. The van der Waals surface area contributed by atoms with Crippen molar-refractivity contribution in [3.63, 3.8) is 0 Å². The fraction of sp³-hybridized carbons (Fsp3) is 0.647. The van der Waals surface area contributed by atoms with Gasteiger partial charge in [-0.3, -0.25) is 0 Å². The highest BCUT2D eigenvalue weighted by atomic mass is 79.9. The van der Waals surface area contributed by atoms with E-state index in [1.165, 1.54) is 47.7 Å². The van der Waals surface area contributed by atoms with Crippen molar-refractivity contribution in [2.24, 2.45) is 5.41 Å². The molecule has 2 fully saturated rings. The van der Waals surface area contributed by atoms with Crippen LogP contribution in [0, 0.1) is 19.3 Å².